The van der Waals surface area contributed by atoms with E-state index in [1.54, 1.807) is 6.33 Å². The molecule has 1 aliphatic rings. The monoisotopic (exact) mass is 329 g/mol. The van der Waals surface area contributed by atoms with Gasteiger partial charge in [0.15, 0.2) is 5.82 Å². The van der Waals surface area contributed by atoms with Crippen LogP contribution >= 0.6 is 0 Å². The van der Waals surface area contributed by atoms with Crippen LogP contribution in [0.1, 0.15) is 0 Å². The second-order valence-electron chi connectivity index (χ2n) is 6.40. The van der Waals surface area contributed by atoms with Crippen molar-refractivity contribution in [1.82, 2.24) is 15.0 Å². The van der Waals surface area contributed by atoms with Gasteiger partial charge in [0.2, 0.25) is 0 Å². The SMILES string of the molecule is c1ccc(N2CCN(c3ncnc4c3[nH]c3ccccc34)CC2)cc1. The molecule has 2 aromatic carbocycles. The third-order valence-corrected chi connectivity index (χ3v) is 4.97. The molecule has 0 unspecified atom stereocenters. The van der Waals surface area contributed by atoms with Crippen LogP contribution in [-0.4, -0.2) is 41.1 Å². The molecule has 0 saturated carbocycles. The van der Waals surface area contributed by atoms with Crippen LogP contribution in [0.2, 0.25) is 0 Å². The number of rotatable bonds is 2. The van der Waals surface area contributed by atoms with Crippen molar-refractivity contribution in [2.75, 3.05) is 36.0 Å². The van der Waals surface area contributed by atoms with Crippen LogP contribution in [0.3, 0.4) is 0 Å². The topological polar surface area (TPSA) is 48.1 Å². The highest BCUT2D eigenvalue weighted by Gasteiger charge is 2.21. The lowest BCUT2D eigenvalue weighted by atomic mass is 10.2. The van der Waals surface area contributed by atoms with E-state index in [2.05, 4.69) is 73.3 Å². The third-order valence-electron chi connectivity index (χ3n) is 4.97. The summed E-state index contributed by atoms with van der Waals surface area (Å²) in [4.78, 5) is 17.4. The number of hydrogen-bond acceptors (Lipinski definition) is 4. The van der Waals surface area contributed by atoms with Crippen molar-refractivity contribution < 1.29 is 0 Å². The number of piperazine rings is 1. The first-order valence-electron chi connectivity index (χ1n) is 8.66. The predicted molar refractivity (Wildman–Crippen MR) is 102 cm³/mol. The summed E-state index contributed by atoms with van der Waals surface area (Å²) in [5.74, 6) is 1.01. The summed E-state index contributed by atoms with van der Waals surface area (Å²) in [7, 11) is 0. The molecule has 0 bridgehead atoms. The molecule has 0 aliphatic carbocycles. The van der Waals surface area contributed by atoms with Crippen LogP contribution in [0.25, 0.3) is 21.9 Å². The minimum Gasteiger partial charge on any atom is -0.368 e. The summed E-state index contributed by atoms with van der Waals surface area (Å²) in [6.45, 7) is 3.90. The van der Waals surface area contributed by atoms with Crippen LogP contribution in [0.4, 0.5) is 11.5 Å². The van der Waals surface area contributed by atoms with Crippen molar-refractivity contribution in [3.63, 3.8) is 0 Å². The molecule has 5 heteroatoms. The Hall–Kier alpha value is -3.08. The molecule has 2 aromatic heterocycles. The van der Waals surface area contributed by atoms with E-state index < -0.39 is 0 Å². The van der Waals surface area contributed by atoms with Gasteiger partial charge < -0.3 is 14.8 Å². The van der Waals surface area contributed by atoms with E-state index in [0.717, 1.165) is 53.9 Å². The van der Waals surface area contributed by atoms with Crippen molar-refractivity contribution in [3.05, 3.63) is 60.9 Å². The van der Waals surface area contributed by atoms with Gasteiger partial charge in [-0.1, -0.05) is 36.4 Å². The Morgan fingerprint density at radius 3 is 2.32 bits per heavy atom. The Morgan fingerprint density at radius 1 is 0.760 bits per heavy atom. The predicted octanol–water partition coefficient (Wildman–Crippen LogP) is 3.44. The normalized spacial score (nSPS) is 15.2. The summed E-state index contributed by atoms with van der Waals surface area (Å²) in [6.07, 6.45) is 1.68. The van der Waals surface area contributed by atoms with Gasteiger partial charge in [0, 0.05) is 42.8 Å². The molecule has 124 valence electrons. The number of aromatic amines is 1. The maximum Gasteiger partial charge on any atom is 0.156 e. The molecule has 0 atom stereocenters. The standard InChI is InChI=1S/C20H19N5/c1-2-6-15(7-3-1)24-10-12-25(13-11-24)20-19-18(21-14-22-20)16-8-4-5-9-17(16)23-19/h1-9,14,23H,10-13H2. The van der Waals surface area contributed by atoms with Gasteiger partial charge in [0.25, 0.3) is 0 Å². The molecule has 1 aliphatic heterocycles. The first-order valence-corrected chi connectivity index (χ1v) is 8.66. The van der Waals surface area contributed by atoms with E-state index in [1.165, 1.54) is 5.69 Å². The van der Waals surface area contributed by atoms with Crippen molar-refractivity contribution in [1.29, 1.82) is 0 Å². The number of nitrogens with zero attached hydrogens (tertiary/aromatic N) is 4. The van der Waals surface area contributed by atoms with Gasteiger partial charge in [-0.2, -0.15) is 0 Å². The van der Waals surface area contributed by atoms with Gasteiger partial charge in [-0.15, -0.1) is 0 Å². The summed E-state index contributed by atoms with van der Waals surface area (Å²) in [5, 5.41) is 1.16. The fraction of sp³-hybridized carbons (Fsp3) is 0.200. The molecule has 0 radical (unpaired) electrons. The number of aromatic nitrogens is 3. The average molecular weight is 329 g/mol. The Morgan fingerprint density at radius 2 is 1.48 bits per heavy atom. The highest BCUT2D eigenvalue weighted by molar-refractivity contribution is 6.08. The van der Waals surface area contributed by atoms with Crippen LogP contribution < -0.4 is 9.80 Å². The van der Waals surface area contributed by atoms with Crippen LogP contribution in [0, 0.1) is 0 Å². The molecule has 25 heavy (non-hydrogen) atoms. The van der Waals surface area contributed by atoms with E-state index >= 15 is 0 Å². The fourth-order valence-electron chi connectivity index (χ4n) is 3.68. The Kier molecular flexibility index (Phi) is 3.30. The zero-order valence-electron chi connectivity index (χ0n) is 13.9. The smallest absolute Gasteiger partial charge is 0.156 e. The van der Waals surface area contributed by atoms with Crippen LogP contribution in [0.15, 0.2) is 60.9 Å². The molecule has 1 saturated heterocycles. The minimum atomic E-state index is 0.955. The zero-order valence-corrected chi connectivity index (χ0v) is 13.9. The summed E-state index contributed by atoms with van der Waals surface area (Å²) in [5.41, 5.74) is 4.45. The molecule has 1 fully saturated rings. The Balaban J connectivity index is 1.46. The maximum absolute atomic E-state index is 4.59. The van der Waals surface area contributed by atoms with Crippen LogP contribution in [-0.2, 0) is 0 Å². The number of nitrogens with one attached hydrogen (secondary N) is 1. The highest BCUT2D eigenvalue weighted by atomic mass is 15.3. The minimum absolute atomic E-state index is 0.955. The molecule has 1 N–H and O–H groups in total. The molecule has 5 nitrogen and oxygen atoms in total. The summed E-state index contributed by atoms with van der Waals surface area (Å²) < 4.78 is 0. The largest absolute Gasteiger partial charge is 0.368 e. The number of benzene rings is 2. The summed E-state index contributed by atoms with van der Waals surface area (Å²) >= 11 is 0. The maximum atomic E-state index is 4.59. The van der Waals surface area contributed by atoms with Gasteiger partial charge in [-0.25, -0.2) is 9.97 Å². The van der Waals surface area contributed by atoms with E-state index in [-0.39, 0.29) is 0 Å². The number of para-hydroxylation sites is 2. The van der Waals surface area contributed by atoms with Crippen LogP contribution in [0.5, 0.6) is 0 Å². The molecular weight excluding hydrogens is 310 g/mol. The molecular formula is C20H19N5. The van der Waals surface area contributed by atoms with Crippen molar-refractivity contribution in [3.8, 4) is 0 Å². The van der Waals surface area contributed by atoms with Crippen molar-refractivity contribution in [2.24, 2.45) is 0 Å². The first-order chi connectivity index (χ1) is 12.4. The van der Waals surface area contributed by atoms with E-state index in [4.69, 9.17) is 0 Å². The average Bonchev–Trinajstić information content (AvgIpc) is 3.08. The van der Waals surface area contributed by atoms with E-state index in [9.17, 15) is 0 Å². The molecule has 0 amide bonds. The van der Waals surface area contributed by atoms with Gasteiger partial charge in [0.05, 0.1) is 0 Å². The summed E-state index contributed by atoms with van der Waals surface area (Å²) in [6, 6.07) is 18.9. The molecule has 4 aromatic rings. The van der Waals surface area contributed by atoms with Crippen molar-refractivity contribution in [2.45, 2.75) is 0 Å². The Bertz CT molecular complexity index is 1020. The quantitative estimate of drug-likeness (QED) is 0.612. The number of hydrogen-bond donors (Lipinski definition) is 1. The molecule has 3 heterocycles. The molecule has 0 spiro atoms. The Labute approximate surface area is 145 Å². The van der Waals surface area contributed by atoms with Gasteiger partial charge >= 0.3 is 0 Å². The number of fused-ring (bicyclic) bond motifs is 3. The second-order valence-corrected chi connectivity index (χ2v) is 6.40. The third kappa shape index (κ3) is 2.39. The lowest BCUT2D eigenvalue weighted by molar-refractivity contribution is 0.648. The van der Waals surface area contributed by atoms with Gasteiger partial charge in [-0.3, -0.25) is 0 Å². The van der Waals surface area contributed by atoms with Crippen molar-refractivity contribution >= 4 is 33.4 Å². The second kappa shape index (κ2) is 5.77. The molecule has 5 rings (SSSR count). The fourth-order valence-corrected chi connectivity index (χ4v) is 3.68. The first kappa shape index (κ1) is 14.3. The van der Waals surface area contributed by atoms with Gasteiger partial charge in [-0.05, 0) is 18.2 Å². The van der Waals surface area contributed by atoms with Gasteiger partial charge in [0.1, 0.15) is 17.4 Å². The van der Waals surface area contributed by atoms with E-state index in [0.29, 0.717) is 0 Å². The highest BCUT2D eigenvalue weighted by Crippen LogP contribution is 2.29. The van der Waals surface area contributed by atoms with E-state index in [1.807, 2.05) is 6.07 Å². The lowest BCUT2D eigenvalue weighted by Gasteiger charge is -2.36. The lowest BCUT2D eigenvalue weighted by Crippen LogP contribution is -2.46. The zero-order chi connectivity index (χ0) is 16.6. The number of anilines is 2. The number of H-pyrrole nitrogens is 1.